The molecule has 0 radical (unpaired) electrons. The van der Waals surface area contributed by atoms with Crippen LogP contribution in [0, 0.1) is 0 Å². The van der Waals surface area contributed by atoms with Crippen molar-refractivity contribution in [1.29, 1.82) is 0 Å². The van der Waals surface area contributed by atoms with Gasteiger partial charge in [-0.3, -0.25) is 0 Å². The van der Waals surface area contributed by atoms with E-state index < -0.39 is 0 Å². The number of halogens is 1. The van der Waals surface area contributed by atoms with Gasteiger partial charge in [-0.2, -0.15) is 0 Å². The largest absolute Gasteiger partial charge is 0.396 e. The van der Waals surface area contributed by atoms with Crippen molar-refractivity contribution in [2.24, 2.45) is 7.05 Å². The molecule has 2 rings (SSSR count). The first kappa shape index (κ1) is 11.7. The Labute approximate surface area is 105 Å². The first-order valence-electron chi connectivity index (χ1n) is 5.28. The molecule has 0 atom stereocenters. The Morgan fingerprint density at radius 1 is 1.47 bits per heavy atom. The number of hydrogen-bond donors (Lipinski definition) is 2. The average Bonchev–Trinajstić information content (AvgIpc) is 2.68. The Kier molecular flexibility index (Phi) is 3.49. The Hall–Kier alpha value is -1.75. The number of aromatic nitrogens is 3. The third-order valence-corrected chi connectivity index (χ3v) is 2.65. The molecule has 2 heterocycles. The quantitative estimate of drug-likeness (QED) is 0.868. The van der Waals surface area contributed by atoms with Crippen molar-refractivity contribution in [3.63, 3.8) is 0 Å². The molecule has 0 saturated carbocycles. The van der Waals surface area contributed by atoms with Crippen LogP contribution >= 0.6 is 11.6 Å². The van der Waals surface area contributed by atoms with Crippen molar-refractivity contribution >= 4 is 23.1 Å². The molecule has 0 aliphatic rings. The van der Waals surface area contributed by atoms with Crippen LogP contribution in [0.1, 0.15) is 5.82 Å². The van der Waals surface area contributed by atoms with Gasteiger partial charge in [-0.25, -0.2) is 9.97 Å². The minimum atomic E-state index is 0.539. The summed E-state index contributed by atoms with van der Waals surface area (Å²) >= 11 is 5.77. The lowest BCUT2D eigenvalue weighted by Gasteiger charge is -2.08. The number of nitrogens with two attached hydrogens (primary N) is 1. The monoisotopic (exact) mass is 251 g/mol. The van der Waals surface area contributed by atoms with E-state index in [0.717, 1.165) is 18.8 Å². The van der Waals surface area contributed by atoms with Gasteiger partial charge in [-0.15, -0.1) is 0 Å². The number of rotatable bonds is 4. The minimum absolute atomic E-state index is 0.539. The van der Waals surface area contributed by atoms with Crippen LogP contribution in [-0.4, -0.2) is 21.1 Å². The lowest BCUT2D eigenvalue weighted by Crippen LogP contribution is -2.10. The highest BCUT2D eigenvalue weighted by atomic mass is 35.5. The zero-order valence-corrected chi connectivity index (χ0v) is 10.3. The Balaban J connectivity index is 1.92. The summed E-state index contributed by atoms with van der Waals surface area (Å²) in [5, 5.41) is 3.70. The second-order valence-corrected chi connectivity index (χ2v) is 4.16. The highest BCUT2D eigenvalue weighted by Crippen LogP contribution is 2.19. The van der Waals surface area contributed by atoms with Crippen LogP contribution < -0.4 is 11.1 Å². The molecule has 0 aromatic carbocycles. The molecule has 0 unspecified atom stereocenters. The van der Waals surface area contributed by atoms with E-state index >= 15 is 0 Å². The minimum Gasteiger partial charge on any atom is -0.396 e. The number of aryl methyl sites for hydroxylation is 1. The number of nitrogens with one attached hydrogen (secondary N) is 1. The third-order valence-electron chi connectivity index (χ3n) is 2.45. The number of imidazole rings is 1. The van der Waals surface area contributed by atoms with Gasteiger partial charge in [0.25, 0.3) is 0 Å². The summed E-state index contributed by atoms with van der Waals surface area (Å²) < 4.78 is 1.99. The van der Waals surface area contributed by atoms with E-state index in [0.29, 0.717) is 16.5 Å². The molecule has 0 amide bonds. The van der Waals surface area contributed by atoms with Gasteiger partial charge < -0.3 is 15.6 Å². The highest BCUT2D eigenvalue weighted by Gasteiger charge is 2.02. The molecule has 6 heteroatoms. The first-order valence-corrected chi connectivity index (χ1v) is 5.65. The Morgan fingerprint density at radius 3 is 2.94 bits per heavy atom. The summed E-state index contributed by atoms with van der Waals surface area (Å²) in [6, 6.07) is 1.68. The van der Waals surface area contributed by atoms with Crippen molar-refractivity contribution in [2.45, 2.75) is 6.42 Å². The molecule has 0 fully saturated rings. The standard InChI is InChI=1S/C11H14ClN5/c1-17-5-4-14-10(17)2-3-15-11-9(13)6-8(12)7-16-11/h4-7H,2-3,13H2,1H3,(H,15,16). The number of nitrogens with zero attached hydrogens (tertiary/aromatic N) is 3. The predicted molar refractivity (Wildman–Crippen MR) is 69.1 cm³/mol. The van der Waals surface area contributed by atoms with Gasteiger partial charge in [0.1, 0.15) is 11.6 Å². The maximum absolute atomic E-state index is 5.78. The molecule has 5 nitrogen and oxygen atoms in total. The molecule has 90 valence electrons. The Morgan fingerprint density at radius 2 is 2.29 bits per heavy atom. The summed E-state index contributed by atoms with van der Waals surface area (Å²) in [7, 11) is 1.97. The second-order valence-electron chi connectivity index (χ2n) is 3.72. The van der Waals surface area contributed by atoms with Gasteiger partial charge in [-0.05, 0) is 6.07 Å². The number of nitrogen functional groups attached to an aromatic ring is 1. The molecule has 0 aliphatic carbocycles. The van der Waals surface area contributed by atoms with Crippen LogP contribution in [0.5, 0.6) is 0 Å². The van der Waals surface area contributed by atoms with E-state index in [2.05, 4.69) is 15.3 Å². The molecule has 17 heavy (non-hydrogen) atoms. The fraction of sp³-hybridized carbons (Fsp3) is 0.273. The predicted octanol–water partition coefficient (Wildman–Crippen LogP) is 1.71. The van der Waals surface area contributed by atoms with Gasteiger partial charge in [0, 0.05) is 38.6 Å². The van der Waals surface area contributed by atoms with Crippen LogP contribution in [0.25, 0.3) is 0 Å². The van der Waals surface area contributed by atoms with Gasteiger partial charge in [-0.1, -0.05) is 11.6 Å². The molecule has 0 bridgehead atoms. The lowest BCUT2D eigenvalue weighted by atomic mass is 10.3. The maximum Gasteiger partial charge on any atom is 0.149 e. The van der Waals surface area contributed by atoms with Crippen LogP contribution in [0.2, 0.25) is 5.02 Å². The summed E-state index contributed by atoms with van der Waals surface area (Å²) in [4.78, 5) is 8.36. The van der Waals surface area contributed by atoms with E-state index in [1.54, 1.807) is 18.5 Å². The van der Waals surface area contributed by atoms with Gasteiger partial charge in [0.05, 0.1) is 10.7 Å². The number of pyridine rings is 1. The number of hydrogen-bond acceptors (Lipinski definition) is 4. The normalized spacial score (nSPS) is 10.5. The van der Waals surface area contributed by atoms with Crippen molar-refractivity contribution in [1.82, 2.24) is 14.5 Å². The average molecular weight is 252 g/mol. The van der Waals surface area contributed by atoms with Crippen molar-refractivity contribution in [2.75, 3.05) is 17.6 Å². The van der Waals surface area contributed by atoms with Gasteiger partial charge in [0.2, 0.25) is 0 Å². The van der Waals surface area contributed by atoms with E-state index in [1.807, 2.05) is 17.8 Å². The summed E-state index contributed by atoms with van der Waals surface area (Å²) in [5.74, 6) is 1.67. The summed E-state index contributed by atoms with van der Waals surface area (Å²) in [6.07, 6.45) is 6.09. The lowest BCUT2D eigenvalue weighted by molar-refractivity contribution is 0.788. The van der Waals surface area contributed by atoms with E-state index in [-0.39, 0.29) is 0 Å². The zero-order valence-electron chi connectivity index (χ0n) is 9.52. The topological polar surface area (TPSA) is 68.8 Å². The maximum atomic E-state index is 5.78. The molecular formula is C11H14ClN5. The second kappa shape index (κ2) is 5.05. The SMILES string of the molecule is Cn1ccnc1CCNc1ncc(Cl)cc1N. The van der Waals surface area contributed by atoms with Crippen LogP contribution in [0.3, 0.4) is 0 Å². The van der Waals surface area contributed by atoms with Gasteiger partial charge in [0.15, 0.2) is 0 Å². The first-order chi connectivity index (χ1) is 8.16. The van der Waals surface area contributed by atoms with Crippen molar-refractivity contribution in [3.8, 4) is 0 Å². The fourth-order valence-corrected chi connectivity index (χ4v) is 1.70. The smallest absolute Gasteiger partial charge is 0.149 e. The van der Waals surface area contributed by atoms with Gasteiger partial charge >= 0.3 is 0 Å². The summed E-state index contributed by atoms with van der Waals surface area (Å²) in [5.41, 5.74) is 6.33. The number of anilines is 2. The highest BCUT2D eigenvalue weighted by molar-refractivity contribution is 6.30. The molecule has 3 N–H and O–H groups in total. The van der Waals surface area contributed by atoms with Crippen molar-refractivity contribution in [3.05, 3.63) is 35.5 Å². The molecule has 0 spiro atoms. The van der Waals surface area contributed by atoms with Crippen LogP contribution in [0.15, 0.2) is 24.7 Å². The third kappa shape index (κ3) is 2.88. The zero-order chi connectivity index (χ0) is 12.3. The van der Waals surface area contributed by atoms with E-state index in [4.69, 9.17) is 17.3 Å². The molecular weight excluding hydrogens is 238 g/mol. The molecule has 2 aromatic rings. The van der Waals surface area contributed by atoms with Crippen molar-refractivity contribution < 1.29 is 0 Å². The van der Waals surface area contributed by atoms with E-state index in [1.165, 1.54) is 0 Å². The summed E-state index contributed by atoms with van der Waals surface area (Å²) in [6.45, 7) is 0.726. The fourth-order valence-electron chi connectivity index (χ4n) is 1.53. The van der Waals surface area contributed by atoms with Crippen LogP contribution in [0.4, 0.5) is 11.5 Å². The van der Waals surface area contributed by atoms with E-state index in [9.17, 15) is 0 Å². The molecule has 2 aromatic heterocycles. The Bertz CT molecular complexity index is 508. The molecule has 0 saturated heterocycles. The molecule has 0 aliphatic heterocycles. The van der Waals surface area contributed by atoms with Crippen LogP contribution in [-0.2, 0) is 13.5 Å².